The SMILES string of the molecule is Cc1cc(C)c2onc(CC(=O)Nc3ncc(C)s3)c2c1. The molecule has 0 atom stereocenters. The molecule has 2 heterocycles. The molecule has 3 rings (SSSR count). The summed E-state index contributed by atoms with van der Waals surface area (Å²) in [7, 11) is 0. The van der Waals surface area contributed by atoms with Crippen molar-refractivity contribution in [1.29, 1.82) is 0 Å². The van der Waals surface area contributed by atoms with Gasteiger partial charge in [-0.1, -0.05) is 11.2 Å². The van der Waals surface area contributed by atoms with Gasteiger partial charge >= 0.3 is 0 Å². The lowest BCUT2D eigenvalue weighted by atomic mass is 10.1. The predicted molar refractivity (Wildman–Crippen MR) is 82.7 cm³/mol. The molecule has 0 bridgehead atoms. The first-order valence-electron chi connectivity index (χ1n) is 6.60. The van der Waals surface area contributed by atoms with Crippen molar-refractivity contribution in [2.24, 2.45) is 0 Å². The number of carbonyl (C=O) groups excluding carboxylic acids is 1. The molecule has 2 aromatic heterocycles. The van der Waals surface area contributed by atoms with Crippen LogP contribution in [0.2, 0.25) is 0 Å². The number of benzene rings is 1. The van der Waals surface area contributed by atoms with E-state index in [-0.39, 0.29) is 12.3 Å². The standard InChI is InChI=1S/C15H15N3O2S/c1-8-4-9(2)14-11(5-8)12(18-20-14)6-13(19)17-15-16-7-10(3)21-15/h4-5,7H,6H2,1-3H3,(H,16,17,19). The van der Waals surface area contributed by atoms with Crippen LogP contribution in [0.25, 0.3) is 11.0 Å². The molecule has 0 spiro atoms. The monoisotopic (exact) mass is 301 g/mol. The summed E-state index contributed by atoms with van der Waals surface area (Å²) in [6.45, 7) is 5.94. The second-order valence-corrected chi connectivity index (χ2v) is 6.32. The molecule has 0 unspecified atom stereocenters. The van der Waals surface area contributed by atoms with Gasteiger partial charge in [-0.15, -0.1) is 11.3 Å². The van der Waals surface area contributed by atoms with Gasteiger partial charge in [-0.05, 0) is 38.0 Å². The first kappa shape index (κ1) is 13.8. The lowest BCUT2D eigenvalue weighted by molar-refractivity contribution is -0.115. The number of thiazole rings is 1. The molecule has 21 heavy (non-hydrogen) atoms. The Balaban J connectivity index is 1.83. The molecule has 0 radical (unpaired) electrons. The fourth-order valence-electron chi connectivity index (χ4n) is 2.30. The number of aromatic nitrogens is 2. The summed E-state index contributed by atoms with van der Waals surface area (Å²) in [5, 5.41) is 8.32. The van der Waals surface area contributed by atoms with E-state index in [9.17, 15) is 4.79 Å². The normalized spacial score (nSPS) is 11.0. The number of carbonyl (C=O) groups is 1. The zero-order chi connectivity index (χ0) is 15.0. The fourth-order valence-corrected chi connectivity index (χ4v) is 2.98. The molecule has 5 nitrogen and oxygen atoms in total. The summed E-state index contributed by atoms with van der Waals surface area (Å²) in [5.41, 5.74) is 3.55. The van der Waals surface area contributed by atoms with Crippen molar-refractivity contribution in [2.75, 3.05) is 5.32 Å². The zero-order valence-electron chi connectivity index (χ0n) is 12.1. The van der Waals surface area contributed by atoms with E-state index in [1.54, 1.807) is 6.20 Å². The van der Waals surface area contributed by atoms with Crippen molar-refractivity contribution in [1.82, 2.24) is 10.1 Å². The van der Waals surface area contributed by atoms with Crippen LogP contribution >= 0.6 is 11.3 Å². The highest BCUT2D eigenvalue weighted by atomic mass is 32.1. The van der Waals surface area contributed by atoms with E-state index in [1.807, 2.05) is 32.9 Å². The first-order chi connectivity index (χ1) is 10.0. The Bertz CT molecular complexity index is 820. The Morgan fingerprint density at radius 3 is 2.86 bits per heavy atom. The molecule has 0 aliphatic rings. The number of hydrogen-bond acceptors (Lipinski definition) is 5. The minimum atomic E-state index is -0.140. The molecule has 0 aliphatic heterocycles. The topological polar surface area (TPSA) is 68.0 Å². The summed E-state index contributed by atoms with van der Waals surface area (Å²) in [4.78, 5) is 17.3. The lowest BCUT2D eigenvalue weighted by Gasteiger charge is -2.00. The van der Waals surface area contributed by atoms with Crippen LogP contribution in [0, 0.1) is 20.8 Å². The third-order valence-electron chi connectivity index (χ3n) is 3.17. The van der Waals surface area contributed by atoms with E-state index in [1.165, 1.54) is 11.3 Å². The highest BCUT2D eigenvalue weighted by Gasteiger charge is 2.15. The van der Waals surface area contributed by atoms with Gasteiger partial charge in [-0.25, -0.2) is 4.98 Å². The molecular formula is C15H15N3O2S. The van der Waals surface area contributed by atoms with Crippen LogP contribution in [-0.2, 0) is 11.2 Å². The van der Waals surface area contributed by atoms with E-state index >= 15 is 0 Å². The molecule has 0 saturated heterocycles. The van der Waals surface area contributed by atoms with Crippen molar-refractivity contribution < 1.29 is 9.32 Å². The minimum absolute atomic E-state index is 0.140. The Hall–Kier alpha value is -2.21. The van der Waals surface area contributed by atoms with Crippen molar-refractivity contribution >= 4 is 33.3 Å². The second kappa shape index (κ2) is 5.29. The van der Waals surface area contributed by atoms with Gasteiger partial charge in [0.15, 0.2) is 10.7 Å². The number of hydrogen-bond donors (Lipinski definition) is 1. The number of nitrogens with zero attached hydrogens (tertiary/aromatic N) is 2. The largest absolute Gasteiger partial charge is 0.356 e. The molecule has 1 N–H and O–H groups in total. The Labute approximate surface area is 126 Å². The van der Waals surface area contributed by atoms with E-state index in [4.69, 9.17) is 4.52 Å². The van der Waals surface area contributed by atoms with Crippen LogP contribution in [0.4, 0.5) is 5.13 Å². The third kappa shape index (κ3) is 2.80. The highest BCUT2D eigenvalue weighted by molar-refractivity contribution is 7.15. The molecule has 1 aromatic carbocycles. The first-order valence-corrected chi connectivity index (χ1v) is 7.42. The maximum atomic E-state index is 12.1. The van der Waals surface area contributed by atoms with Gasteiger partial charge in [0.1, 0.15) is 5.69 Å². The van der Waals surface area contributed by atoms with E-state index in [2.05, 4.69) is 15.5 Å². The Morgan fingerprint density at radius 1 is 1.33 bits per heavy atom. The number of amides is 1. The van der Waals surface area contributed by atoms with Gasteiger partial charge in [-0.2, -0.15) is 0 Å². The summed E-state index contributed by atoms with van der Waals surface area (Å²) in [6.07, 6.45) is 1.91. The second-order valence-electron chi connectivity index (χ2n) is 5.09. The van der Waals surface area contributed by atoms with Crippen LogP contribution in [0.5, 0.6) is 0 Å². The highest BCUT2D eigenvalue weighted by Crippen LogP contribution is 2.24. The number of rotatable bonds is 3. The number of aryl methyl sites for hydroxylation is 3. The minimum Gasteiger partial charge on any atom is -0.356 e. The molecule has 6 heteroatoms. The van der Waals surface area contributed by atoms with Crippen LogP contribution in [0.3, 0.4) is 0 Å². The lowest BCUT2D eigenvalue weighted by Crippen LogP contribution is -2.14. The number of fused-ring (bicyclic) bond motifs is 1. The van der Waals surface area contributed by atoms with Gasteiger partial charge in [0, 0.05) is 16.5 Å². The molecule has 0 aliphatic carbocycles. The molecular weight excluding hydrogens is 286 g/mol. The van der Waals surface area contributed by atoms with Crippen LogP contribution in [0.15, 0.2) is 22.9 Å². The van der Waals surface area contributed by atoms with E-state index < -0.39 is 0 Å². The maximum Gasteiger partial charge on any atom is 0.232 e. The van der Waals surface area contributed by atoms with Crippen LogP contribution in [-0.4, -0.2) is 16.0 Å². The molecule has 108 valence electrons. The molecule has 3 aromatic rings. The summed E-state index contributed by atoms with van der Waals surface area (Å²) < 4.78 is 5.35. The molecule has 0 fully saturated rings. The average Bonchev–Trinajstić information content (AvgIpc) is 2.97. The van der Waals surface area contributed by atoms with Crippen molar-refractivity contribution in [3.63, 3.8) is 0 Å². The Morgan fingerprint density at radius 2 is 2.14 bits per heavy atom. The van der Waals surface area contributed by atoms with Gasteiger partial charge < -0.3 is 9.84 Å². The van der Waals surface area contributed by atoms with Gasteiger partial charge in [0.05, 0.1) is 6.42 Å². The van der Waals surface area contributed by atoms with Crippen molar-refractivity contribution in [3.8, 4) is 0 Å². The van der Waals surface area contributed by atoms with Crippen LogP contribution in [0.1, 0.15) is 21.7 Å². The number of anilines is 1. The quantitative estimate of drug-likeness (QED) is 0.805. The van der Waals surface area contributed by atoms with Crippen LogP contribution < -0.4 is 5.32 Å². The fraction of sp³-hybridized carbons (Fsp3) is 0.267. The number of nitrogens with one attached hydrogen (secondary N) is 1. The summed E-state index contributed by atoms with van der Waals surface area (Å²) in [6, 6.07) is 4.03. The van der Waals surface area contributed by atoms with Crippen molar-refractivity contribution in [2.45, 2.75) is 27.2 Å². The van der Waals surface area contributed by atoms with Gasteiger partial charge in [0.25, 0.3) is 0 Å². The summed E-state index contributed by atoms with van der Waals surface area (Å²) in [5.74, 6) is -0.140. The van der Waals surface area contributed by atoms with Crippen molar-refractivity contribution in [3.05, 3.63) is 40.0 Å². The van der Waals surface area contributed by atoms with E-state index in [0.717, 1.165) is 27.0 Å². The van der Waals surface area contributed by atoms with Gasteiger partial charge in [0.2, 0.25) is 5.91 Å². The zero-order valence-corrected chi connectivity index (χ0v) is 12.9. The summed E-state index contributed by atoms with van der Waals surface area (Å²) >= 11 is 1.45. The predicted octanol–water partition coefficient (Wildman–Crippen LogP) is 3.39. The van der Waals surface area contributed by atoms with Gasteiger partial charge in [-0.3, -0.25) is 4.79 Å². The Kier molecular flexibility index (Phi) is 3.47. The smallest absolute Gasteiger partial charge is 0.232 e. The van der Waals surface area contributed by atoms with E-state index in [0.29, 0.717) is 10.8 Å². The maximum absolute atomic E-state index is 12.1. The third-order valence-corrected chi connectivity index (χ3v) is 4.00. The molecule has 1 amide bonds. The average molecular weight is 301 g/mol. The molecule has 0 saturated carbocycles.